The Labute approximate surface area is 144 Å². The molecule has 0 aliphatic carbocycles. The maximum absolute atomic E-state index is 13.6. The van der Waals surface area contributed by atoms with Crippen molar-refractivity contribution in [3.63, 3.8) is 0 Å². The van der Waals surface area contributed by atoms with E-state index < -0.39 is 0 Å². The molecule has 23 heavy (non-hydrogen) atoms. The van der Waals surface area contributed by atoms with E-state index in [-0.39, 0.29) is 5.82 Å². The van der Waals surface area contributed by atoms with Gasteiger partial charge in [-0.2, -0.15) is 0 Å². The first kappa shape index (κ1) is 17.5. The molecule has 2 aromatic carbocycles. The SMILES string of the molecule is CCCC(N)=Nc1cc(C)c(Oc2ccc(Br)c(F)c2)cc1C. The Morgan fingerprint density at radius 2 is 1.96 bits per heavy atom. The molecule has 0 radical (unpaired) electrons. The summed E-state index contributed by atoms with van der Waals surface area (Å²) in [6, 6.07) is 8.52. The van der Waals surface area contributed by atoms with Gasteiger partial charge in [-0.15, -0.1) is 0 Å². The third-order valence-electron chi connectivity index (χ3n) is 3.38. The first-order valence-corrected chi connectivity index (χ1v) is 8.27. The first-order valence-electron chi connectivity index (χ1n) is 7.48. The molecule has 2 N–H and O–H groups in total. The van der Waals surface area contributed by atoms with Crippen LogP contribution in [-0.4, -0.2) is 5.84 Å². The summed E-state index contributed by atoms with van der Waals surface area (Å²) < 4.78 is 19.8. The molecule has 122 valence electrons. The number of ether oxygens (including phenoxy) is 1. The van der Waals surface area contributed by atoms with Crippen LogP contribution in [0.5, 0.6) is 11.5 Å². The Morgan fingerprint density at radius 1 is 1.22 bits per heavy atom. The van der Waals surface area contributed by atoms with Gasteiger partial charge >= 0.3 is 0 Å². The van der Waals surface area contributed by atoms with Crippen LogP contribution in [0.15, 0.2) is 39.8 Å². The van der Waals surface area contributed by atoms with Crippen LogP contribution in [0.1, 0.15) is 30.9 Å². The number of hydrogen-bond acceptors (Lipinski definition) is 2. The second kappa shape index (κ2) is 7.59. The fourth-order valence-electron chi connectivity index (χ4n) is 2.14. The number of amidine groups is 1. The summed E-state index contributed by atoms with van der Waals surface area (Å²) in [7, 11) is 0. The summed E-state index contributed by atoms with van der Waals surface area (Å²) in [6.45, 7) is 5.94. The average molecular weight is 379 g/mol. The Kier molecular flexibility index (Phi) is 5.77. The normalized spacial score (nSPS) is 11.6. The van der Waals surface area contributed by atoms with Gasteiger partial charge in [0, 0.05) is 12.5 Å². The van der Waals surface area contributed by atoms with Crippen LogP contribution < -0.4 is 10.5 Å². The molecule has 3 nitrogen and oxygen atoms in total. The molecule has 0 amide bonds. The zero-order valence-corrected chi connectivity index (χ0v) is 15.1. The van der Waals surface area contributed by atoms with Gasteiger partial charge in [0.15, 0.2) is 0 Å². The highest BCUT2D eigenvalue weighted by atomic mass is 79.9. The highest BCUT2D eigenvalue weighted by Crippen LogP contribution is 2.32. The van der Waals surface area contributed by atoms with Crippen molar-refractivity contribution in [2.24, 2.45) is 10.7 Å². The van der Waals surface area contributed by atoms with Crippen LogP contribution in [0.3, 0.4) is 0 Å². The highest BCUT2D eigenvalue weighted by molar-refractivity contribution is 9.10. The standard InChI is InChI=1S/C18H20BrFN2O/c1-4-5-18(21)22-16-8-12(3)17(9-11(16)2)23-13-6-7-14(19)15(20)10-13/h6-10H,4-5H2,1-3H3,(H2,21,22). The number of halogens is 2. The van der Waals surface area contributed by atoms with Gasteiger partial charge in [0.25, 0.3) is 0 Å². The molecule has 0 aliphatic heterocycles. The Hall–Kier alpha value is -1.88. The van der Waals surface area contributed by atoms with Crippen molar-refractivity contribution < 1.29 is 9.13 Å². The predicted molar refractivity (Wildman–Crippen MR) is 96.3 cm³/mol. The number of aryl methyl sites for hydroxylation is 2. The van der Waals surface area contributed by atoms with Crippen molar-refractivity contribution >= 4 is 27.5 Å². The van der Waals surface area contributed by atoms with Crippen LogP contribution in [-0.2, 0) is 0 Å². The van der Waals surface area contributed by atoms with E-state index in [1.807, 2.05) is 26.0 Å². The number of nitrogens with two attached hydrogens (primary N) is 1. The lowest BCUT2D eigenvalue weighted by Gasteiger charge is -2.12. The summed E-state index contributed by atoms with van der Waals surface area (Å²) in [5.74, 6) is 1.40. The smallest absolute Gasteiger partial charge is 0.141 e. The predicted octanol–water partition coefficient (Wildman–Crippen LogP) is 5.79. The molecule has 0 atom stereocenters. The van der Waals surface area contributed by atoms with E-state index in [2.05, 4.69) is 27.8 Å². The van der Waals surface area contributed by atoms with E-state index in [4.69, 9.17) is 10.5 Å². The molecule has 2 aromatic rings. The van der Waals surface area contributed by atoms with Crippen LogP contribution in [0.4, 0.5) is 10.1 Å². The van der Waals surface area contributed by atoms with Gasteiger partial charge in [-0.25, -0.2) is 9.38 Å². The lowest BCUT2D eigenvalue weighted by molar-refractivity contribution is 0.472. The number of benzene rings is 2. The molecular weight excluding hydrogens is 359 g/mol. The van der Waals surface area contributed by atoms with Crippen molar-refractivity contribution in [3.05, 3.63) is 51.7 Å². The van der Waals surface area contributed by atoms with Crippen molar-refractivity contribution in [2.45, 2.75) is 33.6 Å². The maximum Gasteiger partial charge on any atom is 0.141 e. The number of nitrogens with zero attached hydrogens (tertiary/aromatic N) is 1. The van der Waals surface area contributed by atoms with Crippen LogP contribution >= 0.6 is 15.9 Å². The minimum atomic E-state index is -0.356. The summed E-state index contributed by atoms with van der Waals surface area (Å²) in [5, 5.41) is 0. The molecule has 0 fully saturated rings. The van der Waals surface area contributed by atoms with Gasteiger partial charge in [-0.1, -0.05) is 6.92 Å². The average Bonchev–Trinajstić information content (AvgIpc) is 2.48. The third kappa shape index (κ3) is 4.55. The molecule has 0 heterocycles. The van der Waals surface area contributed by atoms with Gasteiger partial charge in [-0.3, -0.25) is 0 Å². The second-order valence-electron chi connectivity index (χ2n) is 5.44. The summed E-state index contributed by atoms with van der Waals surface area (Å²) in [4.78, 5) is 4.46. The number of hydrogen-bond donors (Lipinski definition) is 1. The van der Waals surface area contributed by atoms with Gasteiger partial charge in [0.05, 0.1) is 16.0 Å². The molecule has 0 aliphatic rings. The topological polar surface area (TPSA) is 47.6 Å². The zero-order chi connectivity index (χ0) is 17.0. The molecule has 0 saturated heterocycles. The van der Waals surface area contributed by atoms with Crippen LogP contribution in [0.2, 0.25) is 0 Å². The minimum Gasteiger partial charge on any atom is -0.457 e. The fourth-order valence-corrected chi connectivity index (χ4v) is 2.39. The Morgan fingerprint density at radius 3 is 2.61 bits per heavy atom. The molecule has 2 rings (SSSR count). The molecule has 5 heteroatoms. The van der Waals surface area contributed by atoms with E-state index in [9.17, 15) is 4.39 Å². The monoisotopic (exact) mass is 378 g/mol. The Balaban J connectivity index is 2.29. The molecular formula is C18H20BrFN2O. The molecule has 0 spiro atoms. The molecule has 0 aromatic heterocycles. The largest absolute Gasteiger partial charge is 0.457 e. The van der Waals surface area contributed by atoms with Crippen molar-refractivity contribution in [1.29, 1.82) is 0 Å². The Bertz CT molecular complexity index is 744. The number of rotatable bonds is 5. The quantitative estimate of drug-likeness (QED) is 0.528. The van der Waals surface area contributed by atoms with E-state index in [0.29, 0.717) is 21.8 Å². The number of aliphatic imine (C=N–C) groups is 1. The summed E-state index contributed by atoms with van der Waals surface area (Å²) >= 11 is 3.13. The van der Waals surface area contributed by atoms with Crippen molar-refractivity contribution in [3.8, 4) is 11.5 Å². The maximum atomic E-state index is 13.6. The van der Waals surface area contributed by atoms with Crippen molar-refractivity contribution in [1.82, 2.24) is 0 Å². The van der Waals surface area contributed by atoms with Crippen molar-refractivity contribution in [2.75, 3.05) is 0 Å². The van der Waals surface area contributed by atoms with Gasteiger partial charge < -0.3 is 10.5 Å². The van der Waals surface area contributed by atoms with Crippen LogP contribution in [0, 0.1) is 19.7 Å². The lowest BCUT2D eigenvalue weighted by Crippen LogP contribution is -2.10. The van der Waals surface area contributed by atoms with Gasteiger partial charge in [-0.05, 0) is 71.6 Å². The highest BCUT2D eigenvalue weighted by Gasteiger charge is 2.08. The first-order chi connectivity index (χ1) is 10.9. The van der Waals surface area contributed by atoms with E-state index >= 15 is 0 Å². The van der Waals surface area contributed by atoms with Gasteiger partial charge in [0.2, 0.25) is 0 Å². The zero-order valence-electron chi connectivity index (χ0n) is 13.5. The lowest BCUT2D eigenvalue weighted by atomic mass is 10.1. The molecule has 0 bridgehead atoms. The third-order valence-corrected chi connectivity index (χ3v) is 4.03. The fraction of sp³-hybridized carbons (Fsp3) is 0.278. The summed E-state index contributed by atoms with van der Waals surface area (Å²) in [5.41, 5.74) is 8.62. The minimum absolute atomic E-state index is 0.356. The summed E-state index contributed by atoms with van der Waals surface area (Å²) in [6.07, 6.45) is 1.73. The van der Waals surface area contributed by atoms with E-state index in [1.165, 1.54) is 6.07 Å². The molecule has 0 unspecified atom stereocenters. The van der Waals surface area contributed by atoms with Crippen LogP contribution in [0.25, 0.3) is 0 Å². The van der Waals surface area contributed by atoms with Gasteiger partial charge in [0.1, 0.15) is 17.3 Å². The van der Waals surface area contributed by atoms with E-state index in [0.717, 1.165) is 29.7 Å². The molecule has 0 saturated carbocycles. The second-order valence-corrected chi connectivity index (χ2v) is 6.29. The van der Waals surface area contributed by atoms with E-state index in [1.54, 1.807) is 12.1 Å².